The highest BCUT2D eigenvalue weighted by atomic mass is 32.2. The Labute approximate surface area is 223 Å². The smallest absolute Gasteiger partial charge is 0.303 e. The van der Waals surface area contributed by atoms with Crippen LogP contribution >= 0.6 is 0 Å². The molecular weight excluding hydrogens is 508 g/mol. The largest absolute Gasteiger partial charge is 0.506 e. The summed E-state index contributed by atoms with van der Waals surface area (Å²) >= 11 is 0. The lowest BCUT2D eigenvalue weighted by Crippen LogP contribution is -2.26. The van der Waals surface area contributed by atoms with Crippen molar-refractivity contribution >= 4 is 21.7 Å². The summed E-state index contributed by atoms with van der Waals surface area (Å²) in [4.78, 5) is 10.8. The molecule has 0 aromatic heterocycles. The van der Waals surface area contributed by atoms with Crippen molar-refractivity contribution in [1.29, 1.82) is 0 Å². The van der Waals surface area contributed by atoms with Crippen LogP contribution in [0.5, 0.6) is 11.5 Å². The van der Waals surface area contributed by atoms with E-state index < -0.39 is 22.1 Å². The summed E-state index contributed by atoms with van der Waals surface area (Å²) < 4.78 is 31.0. The lowest BCUT2D eigenvalue weighted by Gasteiger charge is -2.16. The number of ether oxygens (including phenoxy) is 1. The Kier molecular flexibility index (Phi) is 9.73. The summed E-state index contributed by atoms with van der Waals surface area (Å²) in [6.07, 6.45) is 0.687. The van der Waals surface area contributed by atoms with Crippen LogP contribution < -0.4 is 14.8 Å². The second kappa shape index (κ2) is 12.8. The van der Waals surface area contributed by atoms with E-state index in [1.165, 1.54) is 18.2 Å². The molecule has 1 unspecified atom stereocenters. The van der Waals surface area contributed by atoms with Crippen molar-refractivity contribution in [2.75, 3.05) is 30.7 Å². The Morgan fingerprint density at radius 3 is 2.29 bits per heavy atom. The Bertz CT molecular complexity index is 1350. The highest BCUT2D eigenvalue weighted by Crippen LogP contribution is 2.31. The van der Waals surface area contributed by atoms with Crippen molar-refractivity contribution < 1.29 is 33.3 Å². The van der Waals surface area contributed by atoms with E-state index in [1.54, 1.807) is 0 Å². The number of hydrogen-bond donors (Lipinski definition) is 5. The van der Waals surface area contributed by atoms with Crippen molar-refractivity contribution in [3.8, 4) is 22.6 Å². The third-order valence-corrected chi connectivity index (χ3v) is 6.55. The fourth-order valence-corrected chi connectivity index (χ4v) is 4.75. The molecule has 38 heavy (non-hydrogen) atoms. The molecule has 0 bridgehead atoms. The third-order valence-electron chi connectivity index (χ3n) is 5.96. The van der Waals surface area contributed by atoms with Crippen molar-refractivity contribution in [2.24, 2.45) is 0 Å². The molecule has 0 aliphatic carbocycles. The number of sulfonamides is 1. The summed E-state index contributed by atoms with van der Waals surface area (Å²) in [5, 5.41) is 32.3. The molecule has 0 aliphatic heterocycles. The van der Waals surface area contributed by atoms with Crippen LogP contribution in [0.15, 0.2) is 54.6 Å². The number of carboxylic acid groups (broad SMARTS) is 1. The van der Waals surface area contributed by atoms with E-state index in [9.17, 15) is 23.4 Å². The fraction of sp³-hybridized carbons (Fsp3) is 0.321. The van der Waals surface area contributed by atoms with Gasteiger partial charge in [-0.2, -0.15) is 0 Å². The molecule has 0 amide bonds. The maximum atomic E-state index is 11.5. The van der Waals surface area contributed by atoms with Gasteiger partial charge in [-0.05, 0) is 77.9 Å². The molecule has 5 N–H and O–H groups in total. The highest BCUT2D eigenvalue weighted by molar-refractivity contribution is 7.92. The molecular formula is C28H34N2O7S. The predicted octanol–water partition coefficient (Wildman–Crippen LogP) is 3.77. The Balaban J connectivity index is 1.52. The number of hydrogen-bond acceptors (Lipinski definition) is 7. The van der Waals surface area contributed by atoms with Gasteiger partial charge in [-0.25, -0.2) is 8.42 Å². The molecule has 0 saturated carbocycles. The average molecular weight is 543 g/mol. The van der Waals surface area contributed by atoms with Crippen LogP contribution in [0.25, 0.3) is 11.1 Å². The molecule has 204 valence electrons. The number of nitrogens with one attached hydrogen (secondary N) is 2. The second-order valence-corrected chi connectivity index (χ2v) is 11.0. The van der Waals surface area contributed by atoms with Crippen LogP contribution in [-0.2, 0) is 21.2 Å². The Hall–Kier alpha value is -3.60. The minimum atomic E-state index is -3.57. The first kappa shape index (κ1) is 29.0. The SMILES string of the molecule is Cc1cc(OCCNCC(O)c2ccc(O)c(NS(C)(=O)=O)c2)cc(C)c1-c1ccc(CCC(=O)O)cc1. The number of carbonyl (C=O) groups is 1. The van der Waals surface area contributed by atoms with Crippen molar-refractivity contribution in [2.45, 2.75) is 32.8 Å². The summed E-state index contributed by atoms with van der Waals surface area (Å²) in [5.74, 6) is -0.297. The van der Waals surface area contributed by atoms with Crippen LogP contribution in [0.3, 0.4) is 0 Å². The molecule has 0 saturated heterocycles. The molecule has 0 aliphatic rings. The number of benzene rings is 3. The lowest BCUT2D eigenvalue weighted by atomic mass is 9.94. The normalized spacial score (nSPS) is 12.2. The van der Waals surface area contributed by atoms with Gasteiger partial charge >= 0.3 is 5.97 Å². The number of carboxylic acids is 1. The number of rotatable bonds is 13. The van der Waals surface area contributed by atoms with E-state index in [4.69, 9.17) is 9.84 Å². The van der Waals surface area contributed by atoms with Gasteiger partial charge in [0.2, 0.25) is 10.0 Å². The van der Waals surface area contributed by atoms with Gasteiger partial charge in [-0.3, -0.25) is 9.52 Å². The van der Waals surface area contributed by atoms with Crippen LogP contribution in [0.1, 0.15) is 34.8 Å². The highest BCUT2D eigenvalue weighted by Gasteiger charge is 2.13. The summed E-state index contributed by atoms with van der Waals surface area (Å²) in [6.45, 7) is 5.10. The first-order valence-corrected chi connectivity index (χ1v) is 14.1. The van der Waals surface area contributed by atoms with E-state index in [0.717, 1.165) is 39.8 Å². The van der Waals surface area contributed by atoms with Gasteiger partial charge in [0.15, 0.2) is 0 Å². The van der Waals surface area contributed by atoms with E-state index in [0.29, 0.717) is 25.1 Å². The maximum Gasteiger partial charge on any atom is 0.303 e. The standard InChI is InChI=1S/C28H34N2O7S/c1-18-14-23(15-19(2)28(18)21-7-4-20(5-8-21)6-11-27(33)34)37-13-12-29-17-26(32)22-9-10-25(31)24(16-22)30-38(3,35)36/h4-5,7-10,14-16,26,29-32H,6,11-13,17H2,1-3H3,(H,33,34). The first-order valence-electron chi connectivity index (χ1n) is 12.2. The van der Waals surface area contributed by atoms with Gasteiger partial charge in [0.05, 0.1) is 18.0 Å². The van der Waals surface area contributed by atoms with Gasteiger partial charge in [-0.1, -0.05) is 30.3 Å². The zero-order valence-corrected chi connectivity index (χ0v) is 22.5. The summed E-state index contributed by atoms with van der Waals surface area (Å²) in [7, 11) is -3.57. The molecule has 3 aromatic rings. The maximum absolute atomic E-state index is 11.5. The molecule has 1 atom stereocenters. The van der Waals surface area contributed by atoms with Crippen LogP contribution in [-0.4, -0.2) is 55.7 Å². The molecule has 0 radical (unpaired) electrons. The van der Waals surface area contributed by atoms with Gasteiger partial charge in [0.1, 0.15) is 18.1 Å². The summed E-state index contributed by atoms with van der Waals surface area (Å²) in [5.41, 5.74) is 5.75. The van der Waals surface area contributed by atoms with Crippen LogP contribution in [0, 0.1) is 13.8 Å². The van der Waals surface area contributed by atoms with E-state index in [-0.39, 0.29) is 24.4 Å². The zero-order valence-electron chi connectivity index (χ0n) is 21.7. The molecule has 0 spiro atoms. The fourth-order valence-electron chi connectivity index (χ4n) is 4.19. The van der Waals surface area contributed by atoms with E-state index in [1.807, 2.05) is 50.2 Å². The average Bonchev–Trinajstić information content (AvgIpc) is 2.83. The second-order valence-electron chi connectivity index (χ2n) is 9.24. The minimum Gasteiger partial charge on any atom is -0.506 e. The quantitative estimate of drug-likeness (QED) is 0.162. The van der Waals surface area contributed by atoms with Gasteiger partial charge in [-0.15, -0.1) is 0 Å². The number of anilines is 1. The predicted molar refractivity (Wildman–Crippen MR) is 147 cm³/mol. The number of aromatic hydroxyl groups is 1. The number of phenols is 1. The number of aryl methyl sites for hydroxylation is 3. The van der Waals surface area contributed by atoms with Gasteiger partial charge < -0.3 is 25.4 Å². The molecule has 3 aromatic carbocycles. The third kappa shape index (κ3) is 8.47. The molecule has 3 rings (SSSR count). The first-order chi connectivity index (χ1) is 17.9. The van der Waals surface area contributed by atoms with Crippen molar-refractivity contribution in [3.05, 3.63) is 76.9 Å². The molecule has 10 heteroatoms. The number of phenolic OH excluding ortho intramolecular Hbond substituents is 1. The Morgan fingerprint density at radius 2 is 1.68 bits per heavy atom. The molecule has 0 heterocycles. The van der Waals surface area contributed by atoms with Gasteiger partial charge in [0.25, 0.3) is 0 Å². The number of aliphatic carboxylic acids is 1. The van der Waals surface area contributed by atoms with Crippen molar-refractivity contribution in [1.82, 2.24) is 5.32 Å². The number of aliphatic hydroxyl groups excluding tert-OH is 1. The lowest BCUT2D eigenvalue weighted by molar-refractivity contribution is -0.136. The Morgan fingerprint density at radius 1 is 1.03 bits per heavy atom. The minimum absolute atomic E-state index is 0.00991. The van der Waals surface area contributed by atoms with Crippen molar-refractivity contribution in [3.63, 3.8) is 0 Å². The topological polar surface area (TPSA) is 145 Å². The van der Waals surface area contributed by atoms with E-state index >= 15 is 0 Å². The molecule has 0 fully saturated rings. The van der Waals surface area contributed by atoms with Crippen LogP contribution in [0.2, 0.25) is 0 Å². The zero-order chi connectivity index (χ0) is 27.9. The monoisotopic (exact) mass is 542 g/mol. The van der Waals surface area contributed by atoms with Crippen LogP contribution in [0.4, 0.5) is 5.69 Å². The van der Waals surface area contributed by atoms with Gasteiger partial charge in [0, 0.05) is 19.5 Å². The number of aliphatic hydroxyl groups is 1. The van der Waals surface area contributed by atoms with E-state index in [2.05, 4.69) is 10.0 Å². The molecule has 9 nitrogen and oxygen atoms in total. The summed E-state index contributed by atoms with van der Waals surface area (Å²) in [6, 6.07) is 16.2.